The van der Waals surface area contributed by atoms with Crippen LogP contribution < -0.4 is 10.4 Å². The van der Waals surface area contributed by atoms with E-state index in [-0.39, 0.29) is 5.63 Å². The lowest BCUT2D eigenvalue weighted by atomic mass is 10.1. The van der Waals surface area contributed by atoms with Gasteiger partial charge in [0.05, 0.1) is 17.9 Å². The molecule has 0 amide bonds. The fourth-order valence-electron chi connectivity index (χ4n) is 3.19. The second kappa shape index (κ2) is 4.51. The number of methoxy groups -OCH3 is 1. The van der Waals surface area contributed by atoms with Crippen LogP contribution >= 0.6 is 0 Å². The molecule has 5 aromatic rings. The van der Waals surface area contributed by atoms with Crippen LogP contribution in [-0.2, 0) is 0 Å². The van der Waals surface area contributed by atoms with E-state index in [1.54, 1.807) is 23.8 Å². The van der Waals surface area contributed by atoms with Crippen LogP contribution in [0.4, 0.5) is 0 Å². The van der Waals surface area contributed by atoms with E-state index in [4.69, 9.17) is 9.15 Å². The molecule has 0 aliphatic carbocycles. The molecule has 5 rings (SSSR count). The van der Waals surface area contributed by atoms with Gasteiger partial charge in [-0.1, -0.05) is 24.3 Å². The fourth-order valence-corrected chi connectivity index (χ4v) is 3.19. The summed E-state index contributed by atoms with van der Waals surface area (Å²) in [6.07, 6.45) is 0. The van der Waals surface area contributed by atoms with Crippen LogP contribution in [0.5, 0.6) is 5.75 Å². The van der Waals surface area contributed by atoms with Gasteiger partial charge >= 0.3 is 5.63 Å². The van der Waals surface area contributed by atoms with Crippen LogP contribution in [0.25, 0.3) is 38.3 Å². The highest BCUT2D eigenvalue weighted by atomic mass is 16.5. The van der Waals surface area contributed by atoms with E-state index >= 15 is 0 Å². The number of tetrazole rings is 1. The van der Waals surface area contributed by atoms with E-state index in [1.807, 2.05) is 30.3 Å². The summed E-state index contributed by atoms with van der Waals surface area (Å²) in [4.78, 5) is 12.4. The summed E-state index contributed by atoms with van der Waals surface area (Å²) in [5.41, 5.74) is 1.24. The Morgan fingerprint density at radius 3 is 2.67 bits per heavy atom. The Labute approximate surface area is 134 Å². The Hall–Kier alpha value is -3.48. The first-order valence-corrected chi connectivity index (χ1v) is 7.32. The van der Waals surface area contributed by atoms with Gasteiger partial charge in [0.2, 0.25) is 0 Å². The molecule has 24 heavy (non-hydrogen) atoms. The molecule has 0 saturated carbocycles. The molecule has 3 aromatic heterocycles. The SMILES string of the molecule is COc1cccc2c3oc(=O)c4ccccc4c3c3nnnn3c12. The molecule has 3 heterocycles. The summed E-state index contributed by atoms with van der Waals surface area (Å²) in [7, 11) is 1.58. The topological polar surface area (TPSA) is 82.5 Å². The number of hydrogen-bond donors (Lipinski definition) is 0. The average Bonchev–Trinajstić information content (AvgIpc) is 3.11. The molecule has 2 aromatic carbocycles. The first kappa shape index (κ1) is 13.0. The molecule has 7 heteroatoms. The highest BCUT2D eigenvalue weighted by Gasteiger charge is 2.19. The van der Waals surface area contributed by atoms with Crippen LogP contribution in [0.3, 0.4) is 0 Å². The van der Waals surface area contributed by atoms with Crippen molar-refractivity contribution >= 4 is 38.3 Å². The quantitative estimate of drug-likeness (QED) is 0.442. The number of nitrogens with zero attached hydrogens (tertiary/aromatic N) is 4. The predicted molar refractivity (Wildman–Crippen MR) is 88.4 cm³/mol. The molecule has 0 saturated heterocycles. The van der Waals surface area contributed by atoms with Gasteiger partial charge in [-0.3, -0.25) is 0 Å². The van der Waals surface area contributed by atoms with E-state index in [0.29, 0.717) is 38.7 Å². The van der Waals surface area contributed by atoms with Crippen molar-refractivity contribution in [3.63, 3.8) is 0 Å². The van der Waals surface area contributed by atoms with Crippen molar-refractivity contribution in [3.05, 3.63) is 52.9 Å². The zero-order chi connectivity index (χ0) is 16.3. The van der Waals surface area contributed by atoms with E-state index < -0.39 is 0 Å². The van der Waals surface area contributed by atoms with E-state index in [1.165, 1.54) is 0 Å². The first-order chi connectivity index (χ1) is 11.8. The van der Waals surface area contributed by atoms with E-state index in [9.17, 15) is 4.79 Å². The Bertz CT molecular complexity index is 1320. The third-order valence-electron chi connectivity index (χ3n) is 4.21. The second-order valence-electron chi connectivity index (χ2n) is 5.41. The van der Waals surface area contributed by atoms with Crippen LogP contribution in [0.1, 0.15) is 0 Å². The number of rotatable bonds is 1. The maximum absolute atomic E-state index is 12.4. The molecule has 0 fully saturated rings. The third-order valence-corrected chi connectivity index (χ3v) is 4.21. The van der Waals surface area contributed by atoms with Gasteiger partial charge < -0.3 is 9.15 Å². The van der Waals surface area contributed by atoms with Crippen molar-refractivity contribution < 1.29 is 9.15 Å². The number of ether oxygens (including phenoxy) is 1. The monoisotopic (exact) mass is 318 g/mol. The smallest absolute Gasteiger partial charge is 0.344 e. The number of benzene rings is 2. The minimum atomic E-state index is -0.390. The molecule has 0 radical (unpaired) electrons. The molecule has 0 N–H and O–H groups in total. The van der Waals surface area contributed by atoms with Gasteiger partial charge in [-0.15, -0.1) is 5.10 Å². The maximum atomic E-state index is 12.4. The predicted octanol–water partition coefficient (Wildman–Crippen LogP) is 2.55. The van der Waals surface area contributed by atoms with Crippen LogP contribution in [0.2, 0.25) is 0 Å². The fraction of sp³-hybridized carbons (Fsp3) is 0.0588. The molecular formula is C17H10N4O3. The molecule has 116 valence electrons. The van der Waals surface area contributed by atoms with Gasteiger partial charge in [-0.05, 0) is 28.6 Å². The average molecular weight is 318 g/mol. The second-order valence-corrected chi connectivity index (χ2v) is 5.41. The van der Waals surface area contributed by atoms with Crippen LogP contribution in [0.15, 0.2) is 51.7 Å². The van der Waals surface area contributed by atoms with Gasteiger partial charge in [-0.2, -0.15) is 4.52 Å². The van der Waals surface area contributed by atoms with Crippen molar-refractivity contribution in [2.75, 3.05) is 7.11 Å². The minimum absolute atomic E-state index is 0.390. The maximum Gasteiger partial charge on any atom is 0.344 e. The van der Waals surface area contributed by atoms with Gasteiger partial charge in [0, 0.05) is 10.8 Å². The number of pyridine rings is 1. The molecule has 0 spiro atoms. The molecular weight excluding hydrogens is 308 g/mol. The standard InChI is InChI=1S/C17H10N4O3/c1-23-12-8-4-7-11-14(12)21-16(18-19-20-21)13-9-5-2-3-6-10(9)17(22)24-15(11)13/h2-8H,1H3. The first-order valence-electron chi connectivity index (χ1n) is 7.32. The van der Waals surface area contributed by atoms with Crippen molar-refractivity contribution in [2.24, 2.45) is 0 Å². The molecule has 0 atom stereocenters. The zero-order valence-electron chi connectivity index (χ0n) is 12.6. The van der Waals surface area contributed by atoms with Crippen molar-refractivity contribution in [1.82, 2.24) is 20.0 Å². The number of aromatic nitrogens is 4. The lowest BCUT2D eigenvalue weighted by molar-refractivity contribution is 0.418. The summed E-state index contributed by atoms with van der Waals surface area (Å²) in [5, 5.41) is 14.7. The van der Waals surface area contributed by atoms with Crippen molar-refractivity contribution in [1.29, 1.82) is 0 Å². The Balaban J connectivity index is 2.23. The Morgan fingerprint density at radius 2 is 1.83 bits per heavy atom. The summed E-state index contributed by atoms with van der Waals surface area (Å²) in [6, 6.07) is 12.8. The van der Waals surface area contributed by atoms with Gasteiger partial charge in [0.1, 0.15) is 11.3 Å². The van der Waals surface area contributed by atoms with Crippen LogP contribution in [0, 0.1) is 0 Å². The van der Waals surface area contributed by atoms with Crippen molar-refractivity contribution in [2.45, 2.75) is 0 Å². The third kappa shape index (κ3) is 1.50. The van der Waals surface area contributed by atoms with Gasteiger partial charge in [-0.25, -0.2) is 4.79 Å². The van der Waals surface area contributed by atoms with Crippen molar-refractivity contribution in [3.8, 4) is 5.75 Å². The highest BCUT2D eigenvalue weighted by molar-refractivity contribution is 6.19. The summed E-state index contributed by atoms with van der Waals surface area (Å²) < 4.78 is 12.7. The Kier molecular flexibility index (Phi) is 2.44. The molecule has 0 aliphatic heterocycles. The summed E-state index contributed by atoms with van der Waals surface area (Å²) >= 11 is 0. The molecule has 7 nitrogen and oxygen atoms in total. The summed E-state index contributed by atoms with van der Waals surface area (Å²) in [6.45, 7) is 0. The minimum Gasteiger partial charge on any atom is -0.494 e. The Morgan fingerprint density at radius 1 is 1.04 bits per heavy atom. The van der Waals surface area contributed by atoms with E-state index in [0.717, 1.165) is 5.39 Å². The lowest BCUT2D eigenvalue weighted by Crippen LogP contribution is -2.03. The molecule has 0 bridgehead atoms. The summed E-state index contributed by atoms with van der Waals surface area (Å²) in [5.74, 6) is 0.600. The zero-order valence-corrected chi connectivity index (χ0v) is 12.6. The number of para-hydroxylation sites is 1. The van der Waals surface area contributed by atoms with E-state index in [2.05, 4.69) is 15.5 Å². The van der Waals surface area contributed by atoms with Gasteiger partial charge in [0.15, 0.2) is 11.2 Å². The van der Waals surface area contributed by atoms with Crippen LogP contribution in [-0.4, -0.2) is 27.2 Å². The lowest BCUT2D eigenvalue weighted by Gasteiger charge is -2.10. The largest absolute Gasteiger partial charge is 0.494 e. The number of hydrogen-bond acceptors (Lipinski definition) is 6. The number of fused-ring (bicyclic) bond motifs is 8. The molecule has 0 unspecified atom stereocenters. The van der Waals surface area contributed by atoms with Gasteiger partial charge in [0.25, 0.3) is 0 Å². The highest BCUT2D eigenvalue weighted by Crippen LogP contribution is 2.35. The molecule has 0 aliphatic rings. The normalized spacial score (nSPS) is 11.7.